The largest absolute Gasteiger partial charge is 0.381 e. The van der Waals surface area contributed by atoms with Crippen molar-refractivity contribution in [1.82, 2.24) is 0 Å². The van der Waals surface area contributed by atoms with E-state index in [9.17, 15) is 9.59 Å². The van der Waals surface area contributed by atoms with Gasteiger partial charge in [0.15, 0.2) is 0 Å². The number of aryl methyl sites for hydroxylation is 1. The van der Waals surface area contributed by atoms with E-state index < -0.39 is 5.41 Å². The van der Waals surface area contributed by atoms with Crippen LogP contribution in [0, 0.1) is 12.3 Å². The first kappa shape index (κ1) is 19.4. The van der Waals surface area contributed by atoms with Crippen LogP contribution < -0.4 is 16.4 Å². The number of rotatable bonds is 4. The van der Waals surface area contributed by atoms with Crippen LogP contribution in [0.15, 0.2) is 18.2 Å². The van der Waals surface area contributed by atoms with Crippen molar-refractivity contribution in [2.24, 2.45) is 11.1 Å². The summed E-state index contributed by atoms with van der Waals surface area (Å²) in [5, 5.41) is 5.67. The van der Waals surface area contributed by atoms with Crippen molar-refractivity contribution in [3.63, 3.8) is 0 Å². The molecule has 1 aliphatic heterocycles. The highest BCUT2D eigenvalue weighted by atomic mass is 35.5. The minimum Gasteiger partial charge on any atom is -0.381 e. The van der Waals surface area contributed by atoms with Crippen molar-refractivity contribution in [3.8, 4) is 0 Å². The molecular formula is C16H24ClN3O3. The number of benzene rings is 1. The maximum Gasteiger partial charge on any atom is 0.232 e. The molecule has 6 nitrogen and oxygen atoms in total. The van der Waals surface area contributed by atoms with E-state index in [2.05, 4.69) is 10.6 Å². The summed E-state index contributed by atoms with van der Waals surface area (Å²) in [5.41, 5.74) is 7.55. The highest BCUT2D eigenvalue weighted by Crippen LogP contribution is 2.31. The Labute approximate surface area is 142 Å². The van der Waals surface area contributed by atoms with Crippen molar-refractivity contribution < 1.29 is 14.3 Å². The lowest BCUT2D eigenvalue weighted by atomic mass is 9.79. The van der Waals surface area contributed by atoms with Gasteiger partial charge in [0.1, 0.15) is 0 Å². The highest BCUT2D eigenvalue weighted by molar-refractivity contribution is 5.97. The molecule has 0 spiro atoms. The molecule has 1 aromatic rings. The fraction of sp³-hybridized carbons (Fsp3) is 0.500. The third-order valence-corrected chi connectivity index (χ3v) is 4.13. The average Bonchev–Trinajstić information content (AvgIpc) is 2.50. The lowest BCUT2D eigenvalue weighted by Crippen LogP contribution is -2.46. The monoisotopic (exact) mass is 341 g/mol. The molecule has 2 amide bonds. The van der Waals surface area contributed by atoms with E-state index in [-0.39, 0.29) is 24.2 Å². The van der Waals surface area contributed by atoms with E-state index in [4.69, 9.17) is 10.5 Å². The lowest BCUT2D eigenvalue weighted by Gasteiger charge is -2.34. The van der Waals surface area contributed by atoms with Crippen LogP contribution in [-0.2, 0) is 14.3 Å². The van der Waals surface area contributed by atoms with Crippen LogP contribution >= 0.6 is 12.4 Å². The Balaban J connectivity index is 0.00000264. The molecule has 1 aromatic carbocycles. The maximum absolute atomic E-state index is 12.6. The van der Waals surface area contributed by atoms with Gasteiger partial charge < -0.3 is 21.1 Å². The molecule has 1 aliphatic rings. The number of nitrogens with one attached hydrogen (secondary N) is 2. The number of hydrogen-bond donors (Lipinski definition) is 3. The summed E-state index contributed by atoms with van der Waals surface area (Å²) in [6.07, 6.45) is 1.25. The van der Waals surface area contributed by atoms with Crippen LogP contribution in [0.2, 0.25) is 0 Å². The summed E-state index contributed by atoms with van der Waals surface area (Å²) < 4.78 is 5.32. The van der Waals surface area contributed by atoms with Crippen LogP contribution in [0.4, 0.5) is 11.4 Å². The van der Waals surface area contributed by atoms with Gasteiger partial charge in [-0.2, -0.15) is 0 Å². The topological polar surface area (TPSA) is 93.5 Å². The maximum atomic E-state index is 12.6. The van der Waals surface area contributed by atoms with Crippen LogP contribution in [-0.4, -0.2) is 31.6 Å². The van der Waals surface area contributed by atoms with Gasteiger partial charge in [-0.1, -0.05) is 6.07 Å². The minimum atomic E-state index is -0.572. The zero-order valence-electron chi connectivity index (χ0n) is 13.5. The van der Waals surface area contributed by atoms with Crippen molar-refractivity contribution in [3.05, 3.63) is 23.8 Å². The fourth-order valence-corrected chi connectivity index (χ4v) is 2.57. The average molecular weight is 342 g/mol. The summed E-state index contributed by atoms with van der Waals surface area (Å²) in [6, 6.07) is 5.44. The summed E-state index contributed by atoms with van der Waals surface area (Å²) >= 11 is 0. The zero-order chi connectivity index (χ0) is 16.2. The summed E-state index contributed by atoms with van der Waals surface area (Å²) in [5.74, 6) is -0.231. The third-order valence-electron chi connectivity index (χ3n) is 4.13. The first-order valence-corrected chi connectivity index (χ1v) is 7.44. The Morgan fingerprint density at radius 3 is 2.48 bits per heavy atom. The predicted molar refractivity (Wildman–Crippen MR) is 92.9 cm³/mol. The quantitative estimate of drug-likeness (QED) is 0.781. The normalized spacial score (nSPS) is 16.1. The Morgan fingerprint density at radius 2 is 1.91 bits per heavy atom. The number of nitrogens with two attached hydrogens (primary N) is 1. The van der Waals surface area contributed by atoms with Crippen LogP contribution in [0.5, 0.6) is 0 Å². The van der Waals surface area contributed by atoms with Crippen LogP contribution in [0.3, 0.4) is 0 Å². The van der Waals surface area contributed by atoms with Crippen molar-refractivity contribution in [2.75, 3.05) is 30.4 Å². The van der Waals surface area contributed by atoms with Gasteiger partial charge >= 0.3 is 0 Å². The highest BCUT2D eigenvalue weighted by Gasteiger charge is 2.38. The summed E-state index contributed by atoms with van der Waals surface area (Å²) in [6.45, 7) is 4.75. The molecule has 2 rings (SSSR count). The second-order valence-electron chi connectivity index (χ2n) is 5.76. The first-order valence-electron chi connectivity index (χ1n) is 7.44. The standard InChI is InChI=1S/C16H23N3O3.ClH/c1-11-3-4-13(9-14(11)18-12(2)20)19-15(21)16(10-17)5-7-22-8-6-16;/h3-4,9H,5-8,10,17H2,1-2H3,(H,18,20)(H,19,21);1H. The molecule has 0 aromatic heterocycles. The Bertz CT molecular complexity index is 572. The molecule has 0 atom stereocenters. The second-order valence-corrected chi connectivity index (χ2v) is 5.76. The fourth-order valence-electron chi connectivity index (χ4n) is 2.57. The lowest BCUT2D eigenvalue weighted by molar-refractivity contribution is -0.130. The van der Waals surface area contributed by atoms with Gasteiger partial charge in [-0.15, -0.1) is 12.4 Å². The number of ether oxygens (including phenoxy) is 1. The van der Waals surface area contributed by atoms with Gasteiger partial charge in [-0.05, 0) is 37.5 Å². The zero-order valence-corrected chi connectivity index (χ0v) is 14.3. The van der Waals surface area contributed by atoms with Gasteiger partial charge in [-0.25, -0.2) is 0 Å². The summed E-state index contributed by atoms with van der Waals surface area (Å²) in [4.78, 5) is 23.8. The number of anilines is 2. The molecule has 0 radical (unpaired) electrons. The van der Waals surface area contributed by atoms with Gasteiger partial charge in [0, 0.05) is 38.1 Å². The number of amides is 2. The van der Waals surface area contributed by atoms with E-state index in [0.717, 1.165) is 5.56 Å². The van der Waals surface area contributed by atoms with E-state index in [0.29, 0.717) is 44.0 Å². The van der Waals surface area contributed by atoms with Gasteiger partial charge in [0.25, 0.3) is 0 Å². The van der Waals surface area contributed by atoms with Crippen molar-refractivity contribution in [2.45, 2.75) is 26.7 Å². The number of carbonyl (C=O) groups excluding carboxylic acids is 2. The Morgan fingerprint density at radius 1 is 1.26 bits per heavy atom. The molecular weight excluding hydrogens is 318 g/mol. The Kier molecular flexibility index (Phi) is 7.00. The molecule has 7 heteroatoms. The molecule has 128 valence electrons. The van der Waals surface area contributed by atoms with Gasteiger partial charge in [0.05, 0.1) is 5.41 Å². The number of carbonyl (C=O) groups is 2. The van der Waals surface area contributed by atoms with E-state index >= 15 is 0 Å². The molecule has 0 saturated carbocycles. The van der Waals surface area contributed by atoms with Crippen LogP contribution in [0.25, 0.3) is 0 Å². The third kappa shape index (κ3) is 4.67. The molecule has 1 heterocycles. The van der Waals surface area contributed by atoms with Gasteiger partial charge in [0.2, 0.25) is 11.8 Å². The molecule has 0 aliphatic carbocycles. The number of halogens is 1. The molecule has 1 fully saturated rings. The van der Waals surface area contributed by atoms with Crippen molar-refractivity contribution in [1.29, 1.82) is 0 Å². The van der Waals surface area contributed by atoms with E-state index in [1.54, 1.807) is 6.07 Å². The van der Waals surface area contributed by atoms with Gasteiger partial charge in [-0.3, -0.25) is 9.59 Å². The molecule has 4 N–H and O–H groups in total. The number of hydrogen-bond acceptors (Lipinski definition) is 4. The molecule has 0 unspecified atom stereocenters. The molecule has 1 saturated heterocycles. The van der Waals surface area contributed by atoms with Crippen LogP contribution in [0.1, 0.15) is 25.3 Å². The van der Waals surface area contributed by atoms with E-state index in [1.165, 1.54) is 6.92 Å². The van der Waals surface area contributed by atoms with Crippen molar-refractivity contribution >= 4 is 35.6 Å². The van der Waals surface area contributed by atoms with E-state index in [1.807, 2.05) is 19.1 Å². The predicted octanol–water partition coefficient (Wildman–Crippen LogP) is 2.07. The smallest absolute Gasteiger partial charge is 0.232 e. The minimum absolute atomic E-state index is 0. The summed E-state index contributed by atoms with van der Waals surface area (Å²) in [7, 11) is 0. The first-order chi connectivity index (χ1) is 10.5. The molecule has 23 heavy (non-hydrogen) atoms. The Hall–Kier alpha value is -1.63. The SMILES string of the molecule is CC(=O)Nc1cc(NC(=O)C2(CN)CCOCC2)ccc1C.Cl. The molecule has 0 bridgehead atoms. The second kappa shape index (κ2) is 8.29.